The topological polar surface area (TPSA) is 24.4 Å². The lowest BCUT2D eigenvalue weighted by molar-refractivity contribution is -0.0435. The highest BCUT2D eigenvalue weighted by atomic mass is 79.9. The van der Waals surface area contributed by atoms with E-state index in [0.717, 1.165) is 24.2 Å². The molecule has 5 heteroatoms. The molecule has 1 heterocycles. The van der Waals surface area contributed by atoms with Crippen LogP contribution in [0.2, 0.25) is 0 Å². The van der Waals surface area contributed by atoms with Crippen molar-refractivity contribution in [3.63, 3.8) is 0 Å². The van der Waals surface area contributed by atoms with Crippen molar-refractivity contribution in [1.29, 1.82) is 0 Å². The molecule has 0 saturated heterocycles. The summed E-state index contributed by atoms with van der Waals surface area (Å²) in [7, 11) is 0. The van der Waals surface area contributed by atoms with Gasteiger partial charge in [-0.1, -0.05) is 33.8 Å². The molecule has 1 aliphatic carbocycles. The number of benzene rings is 1. The van der Waals surface area contributed by atoms with Gasteiger partial charge in [0.05, 0.1) is 12.0 Å². The van der Waals surface area contributed by atoms with E-state index in [1.807, 2.05) is 0 Å². The van der Waals surface area contributed by atoms with Gasteiger partial charge >= 0.3 is 0 Å². The number of alkyl halides is 2. The van der Waals surface area contributed by atoms with Crippen LogP contribution in [-0.2, 0) is 5.54 Å². The summed E-state index contributed by atoms with van der Waals surface area (Å²) in [5.74, 6) is 2.99. The van der Waals surface area contributed by atoms with E-state index in [4.69, 9.17) is 0 Å². The summed E-state index contributed by atoms with van der Waals surface area (Å²) < 4.78 is 29.4. The van der Waals surface area contributed by atoms with Gasteiger partial charge in [-0.05, 0) is 25.0 Å². The molecule has 104 valence electrons. The van der Waals surface area contributed by atoms with Gasteiger partial charge in [0.2, 0.25) is 0 Å². The zero-order valence-electron chi connectivity index (χ0n) is 10.9. The third-order valence-corrected chi connectivity index (χ3v) is 4.04. The van der Waals surface area contributed by atoms with Crippen molar-refractivity contribution in [3.8, 4) is 11.8 Å². The number of halogens is 3. The lowest BCUT2D eigenvalue weighted by Gasteiger charge is -2.37. The van der Waals surface area contributed by atoms with Crippen LogP contribution in [0.15, 0.2) is 27.7 Å². The second-order valence-corrected chi connectivity index (χ2v) is 6.16. The van der Waals surface area contributed by atoms with Crippen LogP contribution in [0.5, 0.6) is 0 Å². The molecular formula is C15H13BrF2N2. The molecule has 3 rings (SSSR count). The Hall–Kier alpha value is -1.41. The van der Waals surface area contributed by atoms with E-state index in [9.17, 15) is 8.78 Å². The molecule has 0 spiro atoms. The van der Waals surface area contributed by atoms with Gasteiger partial charge in [-0.15, -0.1) is 0 Å². The smallest absolute Gasteiger partial charge is 0.283 e. The Morgan fingerprint density at radius 3 is 2.85 bits per heavy atom. The maximum Gasteiger partial charge on any atom is 0.283 e. The zero-order valence-corrected chi connectivity index (χ0v) is 12.5. The average Bonchev–Trinajstić information content (AvgIpc) is 3.18. The molecule has 1 saturated carbocycles. The first-order chi connectivity index (χ1) is 9.42. The van der Waals surface area contributed by atoms with E-state index < -0.39 is 11.5 Å². The highest BCUT2D eigenvalue weighted by molar-refractivity contribution is 9.10. The summed E-state index contributed by atoms with van der Waals surface area (Å²) in [6.45, 7) is 0.895. The van der Waals surface area contributed by atoms with Crippen LogP contribution in [0.3, 0.4) is 0 Å². The minimum absolute atomic E-state index is 0.258. The molecule has 1 fully saturated rings. The number of nitrogens with zero attached hydrogens (tertiary/aromatic N) is 1. The Bertz CT molecular complexity index is 635. The molecule has 1 N–H and O–H groups in total. The standard InChI is InChI=1S/C15H13BrF2N2/c1-14(17,18)15(7-6-10-2-3-10)12-5-4-11(16)8-13(12)19-9-20-15/h4-5,8-10H,2-3H2,1H3,(H,19,20)/t15-/m1/s1. The molecule has 0 bridgehead atoms. The van der Waals surface area contributed by atoms with Crippen LogP contribution >= 0.6 is 15.9 Å². The van der Waals surface area contributed by atoms with Gasteiger partial charge in [0.1, 0.15) is 0 Å². The van der Waals surface area contributed by atoms with E-state index >= 15 is 0 Å². The van der Waals surface area contributed by atoms with Crippen molar-refractivity contribution < 1.29 is 8.78 Å². The molecule has 0 radical (unpaired) electrons. The number of aliphatic imine (C=N–C) groups is 1. The van der Waals surface area contributed by atoms with Crippen LogP contribution in [-0.4, -0.2) is 12.3 Å². The minimum atomic E-state index is -3.02. The molecular weight excluding hydrogens is 326 g/mol. The molecule has 2 nitrogen and oxygen atoms in total. The molecule has 20 heavy (non-hydrogen) atoms. The molecule has 1 aliphatic heterocycles. The van der Waals surface area contributed by atoms with E-state index in [1.54, 1.807) is 18.2 Å². The van der Waals surface area contributed by atoms with Crippen LogP contribution in [0, 0.1) is 17.8 Å². The Kier molecular flexibility index (Phi) is 3.09. The number of rotatable bonds is 1. The molecule has 2 aliphatic rings. The third kappa shape index (κ3) is 2.22. The largest absolute Gasteiger partial charge is 0.351 e. The van der Waals surface area contributed by atoms with Gasteiger partial charge < -0.3 is 5.32 Å². The summed E-state index contributed by atoms with van der Waals surface area (Å²) in [5, 5.41) is 2.70. The van der Waals surface area contributed by atoms with E-state index in [1.165, 1.54) is 6.34 Å². The van der Waals surface area contributed by atoms with Gasteiger partial charge in [-0.3, -0.25) is 0 Å². The number of hydrogen-bond acceptors (Lipinski definition) is 2. The fourth-order valence-electron chi connectivity index (χ4n) is 2.22. The molecule has 1 aromatic rings. The Morgan fingerprint density at radius 2 is 2.20 bits per heavy atom. The monoisotopic (exact) mass is 338 g/mol. The van der Waals surface area contributed by atoms with E-state index in [2.05, 4.69) is 38.1 Å². The highest BCUT2D eigenvalue weighted by Crippen LogP contribution is 2.44. The predicted octanol–water partition coefficient (Wildman–Crippen LogP) is 3.98. The molecule has 1 aromatic carbocycles. The fraction of sp³-hybridized carbons (Fsp3) is 0.400. The first-order valence-corrected chi connectivity index (χ1v) is 7.22. The number of hydrogen-bond donors (Lipinski definition) is 1. The van der Waals surface area contributed by atoms with Crippen LogP contribution in [0.4, 0.5) is 14.5 Å². The maximum absolute atomic E-state index is 14.3. The van der Waals surface area contributed by atoms with Gasteiger partial charge in [0, 0.05) is 22.9 Å². The first-order valence-electron chi connectivity index (χ1n) is 6.43. The van der Waals surface area contributed by atoms with Crippen molar-refractivity contribution in [2.45, 2.75) is 31.2 Å². The van der Waals surface area contributed by atoms with Crippen molar-refractivity contribution >= 4 is 28.0 Å². The second kappa shape index (κ2) is 4.56. The summed E-state index contributed by atoms with van der Waals surface area (Å²) in [4.78, 5) is 4.14. The quantitative estimate of drug-likeness (QED) is 0.769. The molecule has 0 unspecified atom stereocenters. The van der Waals surface area contributed by atoms with Crippen molar-refractivity contribution in [1.82, 2.24) is 5.32 Å². The summed E-state index contributed by atoms with van der Waals surface area (Å²) in [6, 6.07) is 5.12. The normalized spacial score (nSPS) is 24.4. The lowest BCUT2D eigenvalue weighted by Crippen LogP contribution is -2.54. The Morgan fingerprint density at radius 1 is 1.45 bits per heavy atom. The van der Waals surface area contributed by atoms with Gasteiger partial charge in [-0.2, -0.15) is 0 Å². The summed E-state index contributed by atoms with van der Waals surface area (Å²) in [5.41, 5.74) is -0.763. The Balaban J connectivity index is 2.17. The predicted molar refractivity (Wildman–Crippen MR) is 78.2 cm³/mol. The van der Waals surface area contributed by atoms with Crippen LogP contribution in [0.25, 0.3) is 0 Å². The van der Waals surface area contributed by atoms with Gasteiger partial charge in [-0.25, -0.2) is 13.8 Å². The van der Waals surface area contributed by atoms with Gasteiger partial charge in [0.15, 0.2) is 5.54 Å². The van der Waals surface area contributed by atoms with Gasteiger partial charge in [0.25, 0.3) is 5.92 Å². The van der Waals surface area contributed by atoms with Crippen molar-refractivity contribution in [2.75, 3.05) is 0 Å². The fourth-order valence-corrected chi connectivity index (χ4v) is 2.57. The molecule has 1 atom stereocenters. The van der Waals surface area contributed by atoms with E-state index in [-0.39, 0.29) is 5.92 Å². The Labute approximate surface area is 124 Å². The summed E-state index contributed by atoms with van der Waals surface area (Å²) in [6.07, 6.45) is 3.31. The molecule has 0 amide bonds. The minimum Gasteiger partial charge on any atom is -0.351 e. The second-order valence-electron chi connectivity index (χ2n) is 5.25. The van der Waals surface area contributed by atoms with Crippen molar-refractivity contribution in [2.24, 2.45) is 10.9 Å². The van der Waals surface area contributed by atoms with Crippen LogP contribution in [0.1, 0.15) is 25.3 Å². The highest BCUT2D eigenvalue weighted by Gasteiger charge is 2.52. The first kappa shape index (κ1) is 13.6. The number of nitrogens with one attached hydrogen (secondary N) is 1. The number of fused-ring (bicyclic) bond motifs is 1. The third-order valence-electron chi connectivity index (χ3n) is 3.55. The average molecular weight is 339 g/mol. The van der Waals surface area contributed by atoms with Crippen LogP contribution < -0.4 is 5.32 Å². The SMILES string of the molecule is CC(F)(F)[C@]1(C#CC2CC2)NC=Nc2cc(Br)ccc21. The zero-order chi connectivity index (χ0) is 14.4. The summed E-state index contributed by atoms with van der Waals surface area (Å²) >= 11 is 3.33. The maximum atomic E-state index is 14.3. The van der Waals surface area contributed by atoms with Crippen molar-refractivity contribution in [3.05, 3.63) is 28.2 Å². The molecule has 0 aromatic heterocycles. The lowest BCUT2D eigenvalue weighted by atomic mass is 9.82. The van der Waals surface area contributed by atoms with E-state index in [0.29, 0.717) is 11.3 Å².